The van der Waals surface area contributed by atoms with Crippen LogP contribution in [0.1, 0.15) is 44.8 Å². The highest BCUT2D eigenvalue weighted by Gasteiger charge is 2.36. The first-order valence-corrected chi connectivity index (χ1v) is 7.38. The number of carbonyl (C=O) groups excluding carboxylic acids is 1. The fourth-order valence-corrected chi connectivity index (χ4v) is 2.63. The Hall–Kier alpha value is -1.55. The van der Waals surface area contributed by atoms with Gasteiger partial charge in [-0.2, -0.15) is 0 Å². The van der Waals surface area contributed by atoms with E-state index >= 15 is 0 Å². The number of nitrogens with one attached hydrogen (secondary N) is 1. The maximum Gasteiger partial charge on any atom is 0.241 e. The first-order valence-electron chi connectivity index (χ1n) is 7.38. The molecule has 2 rings (SSSR count). The second-order valence-electron chi connectivity index (χ2n) is 5.31. The zero-order valence-corrected chi connectivity index (χ0v) is 12.6. The lowest BCUT2D eigenvalue weighted by molar-refractivity contribution is -0.129. The molecule has 1 fully saturated rings. The lowest BCUT2D eigenvalue weighted by Gasteiger charge is -2.24. The molecule has 1 heterocycles. The molecular formula is C16H24N2O2. The highest BCUT2D eigenvalue weighted by molar-refractivity contribution is 5.84. The van der Waals surface area contributed by atoms with Gasteiger partial charge in [-0.3, -0.25) is 10.1 Å². The van der Waals surface area contributed by atoms with Crippen LogP contribution in [0.25, 0.3) is 0 Å². The number of hydrogen-bond acceptors (Lipinski definition) is 3. The summed E-state index contributed by atoms with van der Waals surface area (Å²) in [5.74, 6) is 1.01. The number of nitrogens with zero attached hydrogens (tertiary/aromatic N) is 1. The van der Waals surface area contributed by atoms with E-state index in [9.17, 15) is 4.79 Å². The Morgan fingerprint density at radius 2 is 2.15 bits per heavy atom. The molecule has 4 heteroatoms. The predicted octanol–water partition coefficient (Wildman–Crippen LogP) is 2.70. The molecule has 0 aromatic heterocycles. The molecule has 1 aromatic carbocycles. The number of rotatable bonds is 6. The normalized spacial score (nSPS) is 22.4. The average Bonchev–Trinajstić information content (AvgIpc) is 2.76. The van der Waals surface area contributed by atoms with E-state index in [0.717, 1.165) is 37.1 Å². The Morgan fingerprint density at radius 1 is 1.35 bits per heavy atom. The van der Waals surface area contributed by atoms with Gasteiger partial charge in [0.25, 0.3) is 0 Å². The van der Waals surface area contributed by atoms with Gasteiger partial charge in [-0.25, -0.2) is 0 Å². The predicted molar refractivity (Wildman–Crippen MR) is 79.6 cm³/mol. The van der Waals surface area contributed by atoms with Crippen molar-refractivity contribution in [2.24, 2.45) is 0 Å². The lowest BCUT2D eigenvalue weighted by Crippen LogP contribution is -2.31. The number of carbonyl (C=O) groups is 1. The summed E-state index contributed by atoms with van der Waals surface area (Å²) in [6.45, 7) is 4.91. The molecule has 2 unspecified atom stereocenters. The second kappa shape index (κ2) is 6.75. The van der Waals surface area contributed by atoms with Crippen LogP contribution in [-0.4, -0.2) is 30.5 Å². The van der Waals surface area contributed by atoms with Gasteiger partial charge in [0.1, 0.15) is 11.9 Å². The number of unbranched alkanes of at least 4 members (excludes halogenated alkanes) is 2. The molecule has 110 valence electrons. The largest absolute Gasteiger partial charge is 0.497 e. The van der Waals surface area contributed by atoms with Crippen LogP contribution in [-0.2, 0) is 4.79 Å². The summed E-state index contributed by atoms with van der Waals surface area (Å²) < 4.78 is 5.27. The van der Waals surface area contributed by atoms with Gasteiger partial charge in [0.05, 0.1) is 13.2 Å². The maximum atomic E-state index is 12.3. The third-order valence-corrected chi connectivity index (χ3v) is 3.79. The number of hydrogen-bond donors (Lipinski definition) is 1. The van der Waals surface area contributed by atoms with E-state index in [1.165, 1.54) is 0 Å². The molecule has 1 aromatic rings. The Labute approximate surface area is 121 Å². The van der Waals surface area contributed by atoms with E-state index in [2.05, 4.69) is 12.2 Å². The van der Waals surface area contributed by atoms with Crippen molar-refractivity contribution < 1.29 is 9.53 Å². The van der Waals surface area contributed by atoms with Crippen LogP contribution in [0.2, 0.25) is 0 Å². The quantitative estimate of drug-likeness (QED) is 0.812. The molecule has 1 aliphatic heterocycles. The molecular weight excluding hydrogens is 252 g/mol. The number of methoxy groups -OCH3 is 1. The zero-order valence-electron chi connectivity index (χ0n) is 12.6. The van der Waals surface area contributed by atoms with E-state index in [0.29, 0.717) is 0 Å². The van der Waals surface area contributed by atoms with E-state index in [1.807, 2.05) is 36.1 Å². The summed E-state index contributed by atoms with van der Waals surface area (Å²) in [5.41, 5.74) is 1.08. The first-order chi connectivity index (χ1) is 9.67. The highest BCUT2D eigenvalue weighted by atomic mass is 16.5. The van der Waals surface area contributed by atoms with Crippen molar-refractivity contribution in [2.45, 2.75) is 45.3 Å². The van der Waals surface area contributed by atoms with Gasteiger partial charge < -0.3 is 9.64 Å². The molecule has 1 aliphatic rings. The minimum absolute atomic E-state index is 0.0375. The van der Waals surface area contributed by atoms with Gasteiger partial charge in [-0.15, -0.1) is 0 Å². The maximum absolute atomic E-state index is 12.3. The van der Waals surface area contributed by atoms with Crippen LogP contribution < -0.4 is 10.1 Å². The van der Waals surface area contributed by atoms with Crippen molar-refractivity contribution in [3.05, 3.63) is 29.8 Å². The van der Waals surface area contributed by atoms with Crippen molar-refractivity contribution in [1.29, 1.82) is 0 Å². The highest BCUT2D eigenvalue weighted by Crippen LogP contribution is 2.28. The van der Waals surface area contributed by atoms with Crippen LogP contribution in [0, 0.1) is 0 Å². The Morgan fingerprint density at radius 3 is 2.85 bits per heavy atom. The fraction of sp³-hybridized carbons (Fsp3) is 0.562. The minimum Gasteiger partial charge on any atom is -0.497 e. The van der Waals surface area contributed by atoms with E-state index in [-0.39, 0.29) is 18.1 Å². The van der Waals surface area contributed by atoms with Crippen molar-refractivity contribution in [3.63, 3.8) is 0 Å². The minimum atomic E-state index is -0.118. The molecule has 1 amide bonds. The second-order valence-corrected chi connectivity index (χ2v) is 5.31. The molecule has 1 N–H and O–H groups in total. The first kappa shape index (κ1) is 14.9. The summed E-state index contributed by atoms with van der Waals surface area (Å²) in [7, 11) is 1.66. The van der Waals surface area contributed by atoms with Crippen LogP contribution in [0.15, 0.2) is 24.3 Å². The van der Waals surface area contributed by atoms with E-state index < -0.39 is 0 Å². The molecule has 0 spiro atoms. The van der Waals surface area contributed by atoms with Gasteiger partial charge in [-0.05, 0) is 31.0 Å². The third-order valence-electron chi connectivity index (χ3n) is 3.79. The summed E-state index contributed by atoms with van der Waals surface area (Å²) in [4.78, 5) is 14.2. The molecule has 4 nitrogen and oxygen atoms in total. The molecule has 0 radical (unpaired) electrons. The molecule has 0 aliphatic carbocycles. The van der Waals surface area contributed by atoms with E-state index in [4.69, 9.17) is 4.74 Å². The van der Waals surface area contributed by atoms with Crippen molar-refractivity contribution in [2.75, 3.05) is 13.7 Å². The SMILES string of the molecule is CCCCCN1C(=O)C(C)NC1c1cccc(OC)c1. The molecule has 0 saturated carbocycles. The lowest BCUT2D eigenvalue weighted by atomic mass is 10.1. The van der Waals surface area contributed by atoms with Gasteiger partial charge in [0, 0.05) is 6.54 Å². The van der Waals surface area contributed by atoms with Crippen LogP contribution in [0.4, 0.5) is 0 Å². The molecule has 20 heavy (non-hydrogen) atoms. The number of amides is 1. The summed E-state index contributed by atoms with van der Waals surface area (Å²) >= 11 is 0. The number of benzene rings is 1. The van der Waals surface area contributed by atoms with Gasteiger partial charge in [-0.1, -0.05) is 31.9 Å². The Bertz CT molecular complexity index is 462. The smallest absolute Gasteiger partial charge is 0.241 e. The van der Waals surface area contributed by atoms with Crippen LogP contribution in [0.3, 0.4) is 0 Å². The van der Waals surface area contributed by atoms with Gasteiger partial charge in [0.15, 0.2) is 0 Å². The van der Waals surface area contributed by atoms with Crippen LogP contribution >= 0.6 is 0 Å². The van der Waals surface area contributed by atoms with Crippen LogP contribution in [0.5, 0.6) is 5.75 Å². The summed E-state index contributed by atoms with van der Waals surface area (Å²) in [6, 6.07) is 7.81. The molecule has 1 saturated heterocycles. The number of ether oxygens (including phenoxy) is 1. The third kappa shape index (κ3) is 3.12. The monoisotopic (exact) mass is 276 g/mol. The Kier molecular flexibility index (Phi) is 5.01. The van der Waals surface area contributed by atoms with Crippen molar-refractivity contribution in [3.8, 4) is 5.75 Å². The zero-order chi connectivity index (χ0) is 14.5. The molecule has 0 bridgehead atoms. The fourth-order valence-electron chi connectivity index (χ4n) is 2.63. The Balaban J connectivity index is 2.16. The van der Waals surface area contributed by atoms with Crippen molar-refractivity contribution in [1.82, 2.24) is 10.2 Å². The summed E-state index contributed by atoms with van der Waals surface area (Å²) in [6.07, 6.45) is 3.33. The van der Waals surface area contributed by atoms with E-state index in [1.54, 1.807) is 7.11 Å². The topological polar surface area (TPSA) is 41.6 Å². The van der Waals surface area contributed by atoms with Gasteiger partial charge in [0.2, 0.25) is 5.91 Å². The standard InChI is InChI=1S/C16H24N2O2/c1-4-5-6-10-18-15(17-12(2)16(18)19)13-8-7-9-14(11-13)20-3/h7-9,11-12,15,17H,4-6,10H2,1-3H3. The van der Waals surface area contributed by atoms with Gasteiger partial charge >= 0.3 is 0 Å². The average molecular weight is 276 g/mol. The summed E-state index contributed by atoms with van der Waals surface area (Å²) in [5, 5.41) is 3.37. The van der Waals surface area contributed by atoms with Crippen molar-refractivity contribution >= 4 is 5.91 Å². The molecule has 2 atom stereocenters.